The number of pyridine rings is 1. The highest BCUT2D eigenvalue weighted by atomic mass is 32.2. The van der Waals surface area contributed by atoms with Crippen molar-refractivity contribution in [2.75, 3.05) is 5.75 Å². The quantitative estimate of drug-likeness (QED) is 0.382. The van der Waals surface area contributed by atoms with E-state index in [0.29, 0.717) is 0 Å². The van der Waals surface area contributed by atoms with Crippen LogP contribution in [0.1, 0.15) is 36.6 Å². The Morgan fingerprint density at radius 1 is 1.26 bits per heavy atom. The molecule has 4 rings (SSSR count). The lowest BCUT2D eigenvalue weighted by Gasteiger charge is -2.19. The van der Waals surface area contributed by atoms with Crippen LogP contribution in [0.5, 0.6) is 0 Å². The van der Waals surface area contributed by atoms with Crippen LogP contribution in [-0.4, -0.2) is 20.7 Å². The first kappa shape index (κ1) is 15.1. The van der Waals surface area contributed by atoms with E-state index in [9.17, 15) is 0 Å². The van der Waals surface area contributed by atoms with Gasteiger partial charge in [0.1, 0.15) is 16.2 Å². The summed E-state index contributed by atoms with van der Waals surface area (Å²) in [4.78, 5) is 15.2. The van der Waals surface area contributed by atoms with E-state index in [4.69, 9.17) is 4.98 Å². The molecule has 0 atom stereocenters. The Balaban J connectivity index is 2.03. The van der Waals surface area contributed by atoms with Gasteiger partial charge in [0, 0.05) is 16.8 Å². The molecule has 0 unspecified atom stereocenters. The van der Waals surface area contributed by atoms with E-state index in [2.05, 4.69) is 23.5 Å². The van der Waals surface area contributed by atoms with Crippen LogP contribution in [0.25, 0.3) is 20.4 Å². The fourth-order valence-electron chi connectivity index (χ4n) is 3.45. The molecule has 3 heterocycles. The third kappa shape index (κ3) is 2.46. The maximum absolute atomic E-state index is 4.99. The summed E-state index contributed by atoms with van der Waals surface area (Å²) in [5, 5.41) is 2.35. The van der Waals surface area contributed by atoms with E-state index >= 15 is 0 Å². The predicted molar refractivity (Wildman–Crippen MR) is 99.7 cm³/mol. The highest BCUT2D eigenvalue weighted by Gasteiger charge is 2.22. The van der Waals surface area contributed by atoms with Gasteiger partial charge in [-0.2, -0.15) is 0 Å². The summed E-state index contributed by atoms with van der Waals surface area (Å²) in [5.74, 6) is 0.867. The van der Waals surface area contributed by atoms with E-state index in [1.807, 2.05) is 6.08 Å². The number of aromatic nitrogens is 3. The van der Waals surface area contributed by atoms with Gasteiger partial charge in [0.2, 0.25) is 0 Å². The average molecular weight is 342 g/mol. The fraction of sp³-hybridized carbons (Fsp3) is 0.389. The molecule has 0 amide bonds. The molecule has 0 aromatic carbocycles. The van der Waals surface area contributed by atoms with Crippen LogP contribution in [0.3, 0.4) is 0 Å². The Morgan fingerprint density at radius 2 is 2.09 bits per heavy atom. The minimum atomic E-state index is 0.867. The topological polar surface area (TPSA) is 38.7 Å². The van der Waals surface area contributed by atoms with Gasteiger partial charge < -0.3 is 0 Å². The first-order valence-electron chi connectivity index (χ1n) is 8.15. The number of fused-ring (bicyclic) bond motifs is 5. The molecule has 0 saturated heterocycles. The van der Waals surface area contributed by atoms with Crippen molar-refractivity contribution in [2.24, 2.45) is 0 Å². The van der Waals surface area contributed by atoms with Gasteiger partial charge in [0.25, 0.3) is 0 Å². The van der Waals surface area contributed by atoms with Crippen LogP contribution < -0.4 is 0 Å². The van der Waals surface area contributed by atoms with Gasteiger partial charge in [-0.05, 0) is 43.2 Å². The summed E-state index contributed by atoms with van der Waals surface area (Å²) in [6.07, 6.45) is 9.51. The van der Waals surface area contributed by atoms with Crippen LogP contribution in [0.2, 0.25) is 0 Å². The lowest BCUT2D eigenvalue weighted by Crippen LogP contribution is -2.08. The second kappa shape index (κ2) is 6.21. The fourth-order valence-corrected chi connectivity index (χ4v) is 5.44. The Labute approximate surface area is 144 Å². The van der Waals surface area contributed by atoms with Crippen molar-refractivity contribution in [2.45, 2.75) is 44.1 Å². The maximum Gasteiger partial charge on any atom is 0.126 e. The van der Waals surface area contributed by atoms with Gasteiger partial charge in [0.05, 0.1) is 10.2 Å². The lowest BCUT2D eigenvalue weighted by molar-refractivity contribution is 0.679. The minimum Gasteiger partial charge on any atom is -0.242 e. The van der Waals surface area contributed by atoms with Crippen LogP contribution in [0.4, 0.5) is 0 Å². The second-order valence-electron chi connectivity index (χ2n) is 5.81. The number of thiophene rings is 1. The summed E-state index contributed by atoms with van der Waals surface area (Å²) in [6, 6.07) is 0. The molecule has 0 aliphatic heterocycles. The van der Waals surface area contributed by atoms with E-state index in [0.717, 1.165) is 34.0 Å². The molecule has 3 aromatic rings. The van der Waals surface area contributed by atoms with Crippen LogP contribution in [-0.2, 0) is 19.3 Å². The Hall–Kier alpha value is -1.46. The Bertz CT molecular complexity index is 898. The number of aryl methyl sites for hydroxylation is 2. The SMILES string of the molecule is C=CCSc1ncnc2c1sc1nc(CC)c3c(c12)CCCC3. The van der Waals surface area contributed by atoms with Crippen molar-refractivity contribution in [3.63, 3.8) is 0 Å². The van der Waals surface area contributed by atoms with Gasteiger partial charge in [-0.1, -0.05) is 13.0 Å². The first-order chi connectivity index (χ1) is 11.3. The molecule has 0 saturated carbocycles. The smallest absolute Gasteiger partial charge is 0.126 e. The zero-order valence-corrected chi connectivity index (χ0v) is 14.9. The molecule has 0 spiro atoms. The van der Waals surface area contributed by atoms with E-state index in [1.54, 1.807) is 29.4 Å². The summed E-state index contributed by atoms with van der Waals surface area (Å²) in [7, 11) is 0. The summed E-state index contributed by atoms with van der Waals surface area (Å²) < 4.78 is 1.18. The molecule has 0 radical (unpaired) electrons. The van der Waals surface area contributed by atoms with Crippen molar-refractivity contribution in [1.82, 2.24) is 15.0 Å². The molecule has 3 nitrogen and oxygen atoms in total. The van der Waals surface area contributed by atoms with Crippen molar-refractivity contribution in [3.05, 3.63) is 35.8 Å². The number of hydrogen-bond acceptors (Lipinski definition) is 5. The van der Waals surface area contributed by atoms with E-state index in [-0.39, 0.29) is 0 Å². The normalized spacial score (nSPS) is 14.3. The van der Waals surface area contributed by atoms with Gasteiger partial charge >= 0.3 is 0 Å². The molecule has 3 aromatic heterocycles. The molecular weight excluding hydrogens is 322 g/mol. The van der Waals surface area contributed by atoms with E-state index in [1.165, 1.54) is 46.2 Å². The summed E-state index contributed by atoms with van der Waals surface area (Å²) in [6.45, 7) is 6.02. The molecule has 0 N–H and O–H groups in total. The average Bonchev–Trinajstić information content (AvgIpc) is 2.98. The van der Waals surface area contributed by atoms with Gasteiger partial charge in [0.15, 0.2) is 0 Å². The Morgan fingerprint density at radius 3 is 2.87 bits per heavy atom. The number of nitrogens with zero attached hydrogens (tertiary/aromatic N) is 3. The molecule has 23 heavy (non-hydrogen) atoms. The Kier molecular flexibility index (Phi) is 4.07. The number of rotatable bonds is 4. The van der Waals surface area contributed by atoms with Gasteiger partial charge in [-0.3, -0.25) is 0 Å². The van der Waals surface area contributed by atoms with Crippen LogP contribution in [0.15, 0.2) is 24.0 Å². The molecule has 118 valence electrons. The maximum atomic E-state index is 4.99. The number of thioether (sulfide) groups is 1. The molecular formula is C18H19N3S2. The van der Waals surface area contributed by atoms with Crippen molar-refractivity contribution in [1.29, 1.82) is 0 Å². The van der Waals surface area contributed by atoms with Gasteiger partial charge in [-0.25, -0.2) is 15.0 Å². The second-order valence-corrected chi connectivity index (χ2v) is 7.82. The minimum absolute atomic E-state index is 0.867. The van der Waals surface area contributed by atoms with Crippen LogP contribution >= 0.6 is 23.1 Å². The number of hydrogen-bond donors (Lipinski definition) is 0. The van der Waals surface area contributed by atoms with Gasteiger partial charge in [-0.15, -0.1) is 29.7 Å². The predicted octanol–water partition coefficient (Wildman–Crippen LogP) is 4.96. The zero-order valence-electron chi connectivity index (χ0n) is 13.3. The monoisotopic (exact) mass is 341 g/mol. The highest BCUT2D eigenvalue weighted by molar-refractivity contribution is 7.99. The highest BCUT2D eigenvalue weighted by Crippen LogP contribution is 2.41. The lowest BCUT2D eigenvalue weighted by atomic mass is 9.88. The standard InChI is InChI=1S/C18H19N3S2/c1-3-9-22-18-16-15(19-10-20-18)14-12-8-6-5-7-11(12)13(4-2)21-17(14)23-16/h3,10H,1,4-9H2,2H3. The van der Waals surface area contributed by atoms with E-state index < -0.39 is 0 Å². The van der Waals surface area contributed by atoms with Crippen molar-refractivity contribution in [3.8, 4) is 0 Å². The third-order valence-electron chi connectivity index (χ3n) is 4.45. The summed E-state index contributed by atoms with van der Waals surface area (Å²) >= 11 is 3.48. The molecule has 0 fully saturated rings. The largest absolute Gasteiger partial charge is 0.242 e. The molecule has 5 heteroatoms. The van der Waals surface area contributed by atoms with Crippen molar-refractivity contribution < 1.29 is 0 Å². The van der Waals surface area contributed by atoms with Crippen LogP contribution in [0, 0.1) is 0 Å². The molecule has 1 aliphatic rings. The third-order valence-corrected chi connectivity index (χ3v) is 6.64. The molecule has 0 bridgehead atoms. The molecule has 1 aliphatic carbocycles. The first-order valence-corrected chi connectivity index (χ1v) is 9.95. The zero-order chi connectivity index (χ0) is 15.8. The van der Waals surface area contributed by atoms with Crippen molar-refractivity contribution >= 4 is 43.5 Å². The summed E-state index contributed by atoms with van der Waals surface area (Å²) in [5.41, 5.74) is 5.37.